The minimum Gasteiger partial charge on any atom is -0.306 e. The zero-order chi connectivity index (χ0) is 20.1. The summed E-state index contributed by atoms with van der Waals surface area (Å²) in [5, 5.41) is 8.35. The molecule has 5 rings (SSSR count). The Hall–Kier alpha value is -3.19. The van der Waals surface area contributed by atoms with Crippen molar-refractivity contribution in [3.63, 3.8) is 0 Å². The topological polar surface area (TPSA) is 59.2 Å². The summed E-state index contributed by atoms with van der Waals surface area (Å²) in [6.45, 7) is 5.62. The van der Waals surface area contributed by atoms with Crippen LogP contribution in [0.1, 0.15) is 5.56 Å². The lowest BCUT2D eigenvalue weighted by Gasteiger charge is -2.34. The highest BCUT2D eigenvalue weighted by atomic mass is 16.1. The number of benzene rings is 2. The maximum absolute atomic E-state index is 13.0. The molecule has 1 aliphatic rings. The summed E-state index contributed by atoms with van der Waals surface area (Å²) >= 11 is 0. The van der Waals surface area contributed by atoms with E-state index >= 15 is 0 Å². The maximum Gasteiger partial charge on any atom is 0.279 e. The van der Waals surface area contributed by atoms with Crippen molar-refractivity contribution in [2.45, 2.75) is 6.92 Å². The Balaban J connectivity index is 1.56. The molecule has 0 spiro atoms. The first-order valence-electron chi connectivity index (χ1n) is 9.89. The average Bonchev–Trinajstić information content (AvgIpc) is 3.10. The van der Waals surface area contributed by atoms with E-state index in [4.69, 9.17) is 0 Å². The fourth-order valence-corrected chi connectivity index (χ4v) is 4.10. The molecule has 148 valence electrons. The van der Waals surface area contributed by atoms with Crippen molar-refractivity contribution in [2.24, 2.45) is 7.05 Å². The van der Waals surface area contributed by atoms with Gasteiger partial charge in [0.05, 0.1) is 16.4 Å². The molecule has 1 aliphatic heterocycles. The Kier molecular flexibility index (Phi) is 4.13. The highest BCUT2D eigenvalue weighted by Crippen LogP contribution is 2.28. The molecule has 0 aliphatic carbocycles. The molecule has 0 N–H and O–H groups in total. The normalized spacial score (nSPS) is 15.5. The van der Waals surface area contributed by atoms with E-state index in [2.05, 4.69) is 46.1 Å². The van der Waals surface area contributed by atoms with Crippen LogP contribution >= 0.6 is 0 Å². The van der Waals surface area contributed by atoms with Crippen LogP contribution in [0.15, 0.2) is 47.7 Å². The van der Waals surface area contributed by atoms with Gasteiger partial charge in [0.25, 0.3) is 5.56 Å². The second-order valence-electron chi connectivity index (χ2n) is 7.92. The van der Waals surface area contributed by atoms with Gasteiger partial charge < -0.3 is 9.91 Å². The SMILES string of the molecule is Cc1cc(-c2ccc3c(=O)n(N4CCN(C)CC4)cnc3c2)cc2cn(C)nc12. The number of hydrogen-bond acceptors (Lipinski definition) is 5. The Morgan fingerprint density at radius 2 is 1.76 bits per heavy atom. The number of aryl methyl sites for hydroxylation is 2. The van der Waals surface area contributed by atoms with E-state index in [-0.39, 0.29) is 5.56 Å². The van der Waals surface area contributed by atoms with Crippen LogP contribution in [0, 0.1) is 6.92 Å². The Morgan fingerprint density at radius 3 is 2.55 bits per heavy atom. The number of piperazine rings is 1. The summed E-state index contributed by atoms with van der Waals surface area (Å²) in [7, 11) is 4.04. The summed E-state index contributed by atoms with van der Waals surface area (Å²) in [4.78, 5) is 19.9. The Morgan fingerprint density at radius 1 is 0.966 bits per heavy atom. The molecule has 1 fully saturated rings. The summed E-state index contributed by atoms with van der Waals surface area (Å²) in [6.07, 6.45) is 3.69. The van der Waals surface area contributed by atoms with Gasteiger partial charge in [0.2, 0.25) is 0 Å². The molecule has 2 aromatic carbocycles. The van der Waals surface area contributed by atoms with Gasteiger partial charge in [-0.1, -0.05) is 6.07 Å². The van der Waals surface area contributed by atoms with E-state index in [0.29, 0.717) is 5.39 Å². The van der Waals surface area contributed by atoms with Crippen LogP contribution in [0.25, 0.3) is 32.9 Å². The number of hydrogen-bond donors (Lipinski definition) is 0. The second-order valence-corrected chi connectivity index (χ2v) is 7.92. The number of nitrogens with zero attached hydrogens (tertiary/aromatic N) is 6. The zero-order valence-electron chi connectivity index (χ0n) is 17.0. The van der Waals surface area contributed by atoms with E-state index in [9.17, 15) is 4.79 Å². The van der Waals surface area contributed by atoms with Crippen molar-refractivity contribution in [3.05, 3.63) is 58.8 Å². The third-order valence-corrected chi connectivity index (χ3v) is 5.77. The van der Waals surface area contributed by atoms with Gasteiger partial charge in [0, 0.05) is 44.8 Å². The monoisotopic (exact) mass is 388 g/mol. The first-order valence-corrected chi connectivity index (χ1v) is 9.89. The third-order valence-electron chi connectivity index (χ3n) is 5.77. The second kappa shape index (κ2) is 6.70. The summed E-state index contributed by atoms with van der Waals surface area (Å²) in [5.74, 6) is 0. The molecule has 0 bridgehead atoms. The van der Waals surface area contributed by atoms with Crippen molar-refractivity contribution >= 4 is 21.8 Å². The molecule has 0 amide bonds. The van der Waals surface area contributed by atoms with Crippen LogP contribution in [-0.2, 0) is 7.05 Å². The number of likely N-dealkylation sites (N-methyl/N-ethyl adjacent to an activating group) is 1. The molecule has 4 aromatic rings. The summed E-state index contributed by atoms with van der Waals surface area (Å²) in [6, 6.07) is 10.2. The van der Waals surface area contributed by atoms with Crippen LogP contribution in [0.2, 0.25) is 0 Å². The van der Waals surface area contributed by atoms with Crippen molar-refractivity contribution in [1.82, 2.24) is 24.3 Å². The van der Waals surface area contributed by atoms with Gasteiger partial charge in [0.15, 0.2) is 0 Å². The van der Waals surface area contributed by atoms with Crippen molar-refractivity contribution < 1.29 is 0 Å². The predicted molar refractivity (Wildman–Crippen MR) is 116 cm³/mol. The van der Waals surface area contributed by atoms with Crippen molar-refractivity contribution in [3.8, 4) is 11.1 Å². The van der Waals surface area contributed by atoms with E-state index in [0.717, 1.165) is 59.3 Å². The standard InChI is InChI=1S/C22H24N6O/c1-15-10-17(11-18-13-26(3)24-21(15)18)16-4-5-19-20(12-16)23-14-28(22(19)29)27-8-6-25(2)7-9-27/h4-5,10-14H,6-9H2,1-3H3. The molecule has 0 radical (unpaired) electrons. The largest absolute Gasteiger partial charge is 0.306 e. The maximum atomic E-state index is 13.0. The van der Waals surface area contributed by atoms with E-state index in [1.165, 1.54) is 0 Å². The molecule has 1 saturated heterocycles. The molecule has 7 heteroatoms. The van der Waals surface area contributed by atoms with Crippen LogP contribution in [-0.4, -0.2) is 57.6 Å². The van der Waals surface area contributed by atoms with Crippen molar-refractivity contribution in [2.75, 3.05) is 38.2 Å². The van der Waals surface area contributed by atoms with E-state index in [1.54, 1.807) is 11.0 Å². The van der Waals surface area contributed by atoms with Gasteiger partial charge in [-0.25, -0.2) is 9.66 Å². The van der Waals surface area contributed by atoms with Crippen LogP contribution in [0.5, 0.6) is 0 Å². The van der Waals surface area contributed by atoms with Gasteiger partial charge in [0.1, 0.15) is 6.33 Å². The molecule has 0 unspecified atom stereocenters. The van der Waals surface area contributed by atoms with Crippen LogP contribution in [0.3, 0.4) is 0 Å². The lowest BCUT2D eigenvalue weighted by molar-refractivity contribution is 0.285. The lowest BCUT2D eigenvalue weighted by atomic mass is 10.00. The third kappa shape index (κ3) is 3.07. The highest BCUT2D eigenvalue weighted by Gasteiger charge is 2.17. The molecule has 0 atom stereocenters. The fraction of sp³-hybridized carbons (Fsp3) is 0.318. The molecule has 0 saturated carbocycles. The molecule has 2 aromatic heterocycles. The Labute approximate surface area is 168 Å². The van der Waals surface area contributed by atoms with Crippen LogP contribution in [0.4, 0.5) is 0 Å². The molecule has 7 nitrogen and oxygen atoms in total. The van der Waals surface area contributed by atoms with Crippen LogP contribution < -0.4 is 10.6 Å². The van der Waals surface area contributed by atoms with Gasteiger partial charge in [-0.3, -0.25) is 9.48 Å². The van der Waals surface area contributed by atoms with Gasteiger partial charge in [-0.05, 0) is 54.9 Å². The first-order chi connectivity index (χ1) is 14.0. The summed E-state index contributed by atoms with van der Waals surface area (Å²) < 4.78 is 3.51. The molecular formula is C22H24N6O. The first kappa shape index (κ1) is 17.9. The average molecular weight is 388 g/mol. The number of aromatic nitrogens is 4. The fourth-order valence-electron chi connectivity index (χ4n) is 4.10. The van der Waals surface area contributed by atoms with E-state index in [1.807, 2.05) is 36.1 Å². The van der Waals surface area contributed by atoms with E-state index < -0.39 is 0 Å². The smallest absolute Gasteiger partial charge is 0.279 e. The quantitative estimate of drug-likeness (QED) is 0.527. The Bertz CT molecular complexity index is 1280. The minimum absolute atomic E-state index is 0.00926. The molecule has 3 heterocycles. The molecule has 29 heavy (non-hydrogen) atoms. The number of rotatable bonds is 2. The van der Waals surface area contributed by atoms with Crippen molar-refractivity contribution in [1.29, 1.82) is 0 Å². The van der Waals surface area contributed by atoms with Gasteiger partial charge in [-0.15, -0.1) is 0 Å². The highest BCUT2D eigenvalue weighted by molar-refractivity contribution is 5.89. The van der Waals surface area contributed by atoms with Gasteiger partial charge in [-0.2, -0.15) is 5.10 Å². The van der Waals surface area contributed by atoms with Gasteiger partial charge >= 0.3 is 0 Å². The lowest BCUT2D eigenvalue weighted by Crippen LogP contribution is -2.53. The zero-order valence-corrected chi connectivity index (χ0v) is 17.0. The summed E-state index contributed by atoms with van der Waals surface area (Å²) in [5.41, 5.74) is 5.03. The molecular weight excluding hydrogens is 364 g/mol. The minimum atomic E-state index is -0.00926. The predicted octanol–water partition coefficient (Wildman–Crippen LogP) is 2.14. The number of fused-ring (bicyclic) bond motifs is 2.